The van der Waals surface area contributed by atoms with Crippen molar-refractivity contribution in [2.75, 3.05) is 6.54 Å². The van der Waals surface area contributed by atoms with Gasteiger partial charge in [0.15, 0.2) is 0 Å². The molecule has 74 valence electrons. The lowest BCUT2D eigenvalue weighted by molar-refractivity contribution is -0.116. The molecule has 0 N–H and O–H groups in total. The lowest BCUT2D eigenvalue weighted by Crippen LogP contribution is -2.20. The Morgan fingerprint density at radius 2 is 2.15 bits per heavy atom. The standard InChI is InChI=1S/C10H16BrNO/c1-4-5-10(11)7-12(8-13)6-9(2)3/h4-5,7-9H,6H2,1-3H3/b5-4-,10-7+. The number of hydrogen-bond acceptors (Lipinski definition) is 1. The van der Waals surface area contributed by atoms with Crippen molar-refractivity contribution in [3.05, 3.63) is 22.8 Å². The second-order valence-corrected chi connectivity index (χ2v) is 4.13. The molecule has 0 unspecified atom stereocenters. The van der Waals surface area contributed by atoms with Crippen LogP contribution < -0.4 is 0 Å². The summed E-state index contributed by atoms with van der Waals surface area (Å²) in [6.45, 7) is 6.83. The minimum absolute atomic E-state index is 0.479. The molecule has 13 heavy (non-hydrogen) atoms. The third-order valence-electron chi connectivity index (χ3n) is 1.33. The van der Waals surface area contributed by atoms with Crippen LogP contribution >= 0.6 is 15.9 Å². The molecular weight excluding hydrogens is 230 g/mol. The number of halogens is 1. The van der Waals surface area contributed by atoms with Crippen LogP contribution in [0.4, 0.5) is 0 Å². The van der Waals surface area contributed by atoms with Gasteiger partial charge in [-0.3, -0.25) is 4.79 Å². The third kappa shape index (κ3) is 6.58. The molecule has 0 aliphatic rings. The van der Waals surface area contributed by atoms with E-state index in [9.17, 15) is 4.79 Å². The summed E-state index contributed by atoms with van der Waals surface area (Å²) in [6, 6.07) is 0. The summed E-state index contributed by atoms with van der Waals surface area (Å²) < 4.78 is 0.905. The first-order valence-corrected chi connectivity index (χ1v) is 5.10. The Hall–Kier alpha value is -0.570. The second-order valence-electron chi connectivity index (χ2n) is 3.21. The van der Waals surface area contributed by atoms with Crippen LogP contribution in [0.3, 0.4) is 0 Å². The Bertz CT molecular complexity index is 209. The number of allylic oxidation sites excluding steroid dienone is 3. The van der Waals surface area contributed by atoms with Gasteiger partial charge in [0.1, 0.15) is 0 Å². The normalized spacial score (nSPS) is 12.5. The quantitative estimate of drug-likeness (QED) is 0.539. The summed E-state index contributed by atoms with van der Waals surface area (Å²) in [4.78, 5) is 12.3. The van der Waals surface area contributed by atoms with E-state index >= 15 is 0 Å². The van der Waals surface area contributed by atoms with Crippen LogP contribution in [0, 0.1) is 5.92 Å². The summed E-state index contributed by atoms with van der Waals surface area (Å²) >= 11 is 3.34. The first-order chi connectivity index (χ1) is 6.10. The SMILES string of the molecule is C/C=C\C(Br)=C/N(C=O)CC(C)C. The van der Waals surface area contributed by atoms with Crippen molar-refractivity contribution in [2.24, 2.45) is 5.92 Å². The van der Waals surface area contributed by atoms with Crippen molar-refractivity contribution in [1.29, 1.82) is 0 Å². The Balaban J connectivity index is 4.25. The number of nitrogens with zero attached hydrogens (tertiary/aromatic N) is 1. The second kappa shape index (κ2) is 6.89. The number of rotatable bonds is 5. The molecule has 0 fully saturated rings. The number of hydrogen-bond donors (Lipinski definition) is 0. The van der Waals surface area contributed by atoms with Gasteiger partial charge < -0.3 is 4.90 Å². The number of carbonyl (C=O) groups excluding carboxylic acids is 1. The van der Waals surface area contributed by atoms with E-state index in [1.165, 1.54) is 0 Å². The molecule has 0 saturated heterocycles. The van der Waals surface area contributed by atoms with Crippen molar-refractivity contribution < 1.29 is 4.79 Å². The fraction of sp³-hybridized carbons (Fsp3) is 0.500. The smallest absolute Gasteiger partial charge is 0.213 e. The highest BCUT2D eigenvalue weighted by Crippen LogP contribution is 2.08. The Morgan fingerprint density at radius 3 is 2.54 bits per heavy atom. The maximum Gasteiger partial charge on any atom is 0.213 e. The molecule has 2 nitrogen and oxygen atoms in total. The molecule has 0 aromatic carbocycles. The first kappa shape index (κ1) is 12.4. The molecule has 0 rings (SSSR count). The van der Waals surface area contributed by atoms with Gasteiger partial charge in [0.05, 0.1) is 0 Å². The van der Waals surface area contributed by atoms with Crippen LogP contribution in [0.1, 0.15) is 20.8 Å². The predicted octanol–water partition coefficient (Wildman–Crippen LogP) is 2.91. The topological polar surface area (TPSA) is 20.3 Å². The monoisotopic (exact) mass is 245 g/mol. The van der Waals surface area contributed by atoms with E-state index in [4.69, 9.17) is 0 Å². The van der Waals surface area contributed by atoms with Gasteiger partial charge in [-0.05, 0) is 28.8 Å². The van der Waals surface area contributed by atoms with Crippen LogP contribution in [-0.4, -0.2) is 17.9 Å². The van der Waals surface area contributed by atoms with Crippen molar-refractivity contribution >= 4 is 22.3 Å². The van der Waals surface area contributed by atoms with Gasteiger partial charge >= 0.3 is 0 Å². The number of carbonyl (C=O) groups is 1. The van der Waals surface area contributed by atoms with Gasteiger partial charge in [-0.15, -0.1) is 0 Å². The molecule has 0 spiro atoms. The zero-order valence-corrected chi connectivity index (χ0v) is 9.91. The van der Waals surface area contributed by atoms with E-state index in [2.05, 4.69) is 29.8 Å². The van der Waals surface area contributed by atoms with Crippen molar-refractivity contribution in [1.82, 2.24) is 4.90 Å². The highest BCUT2D eigenvalue weighted by atomic mass is 79.9. The Labute approximate surface area is 88.4 Å². The van der Waals surface area contributed by atoms with E-state index < -0.39 is 0 Å². The highest BCUT2D eigenvalue weighted by Gasteiger charge is 2.00. The zero-order chi connectivity index (χ0) is 10.3. The van der Waals surface area contributed by atoms with Crippen molar-refractivity contribution in [3.63, 3.8) is 0 Å². The van der Waals surface area contributed by atoms with Gasteiger partial charge in [0.2, 0.25) is 6.41 Å². The largest absolute Gasteiger partial charge is 0.320 e. The molecule has 0 heterocycles. The molecule has 3 heteroatoms. The molecule has 1 amide bonds. The van der Waals surface area contributed by atoms with Gasteiger partial charge in [-0.2, -0.15) is 0 Å². The van der Waals surface area contributed by atoms with E-state index in [1.54, 1.807) is 11.1 Å². The summed E-state index contributed by atoms with van der Waals surface area (Å²) in [5.74, 6) is 0.479. The van der Waals surface area contributed by atoms with Crippen LogP contribution in [0.25, 0.3) is 0 Å². The molecule has 0 aliphatic carbocycles. The Morgan fingerprint density at radius 1 is 1.54 bits per heavy atom. The van der Waals surface area contributed by atoms with Crippen LogP contribution in [0.2, 0.25) is 0 Å². The maximum atomic E-state index is 10.6. The average molecular weight is 246 g/mol. The summed E-state index contributed by atoms with van der Waals surface area (Å²) in [7, 11) is 0. The Kier molecular flexibility index (Phi) is 6.59. The first-order valence-electron chi connectivity index (χ1n) is 4.31. The molecule has 0 bridgehead atoms. The molecule has 0 aliphatic heterocycles. The summed E-state index contributed by atoms with van der Waals surface area (Å²) in [6.07, 6.45) is 6.44. The molecule has 0 atom stereocenters. The van der Waals surface area contributed by atoms with Gasteiger partial charge in [-0.1, -0.05) is 26.0 Å². The lowest BCUT2D eigenvalue weighted by Gasteiger charge is -2.14. The van der Waals surface area contributed by atoms with E-state index in [0.717, 1.165) is 17.4 Å². The van der Waals surface area contributed by atoms with Gasteiger partial charge in [0, 0.05) is 17.2 Å². The van der Waals surface area contributed by atoms with E-state index in [0.29, 0.717) is 5.92 Å². The minimum Gasteiger partial charge on any atom is -0.320 e. The van der Waals surface area contributed by atoms with Crippen LogP contribution in [0.15, 0.2) is 22.8 Å². The third-order valence-corrected chi connectivity index (χ3v) is 1.80. The predicted molar refractivity (Wildman–Crippen MR) is 59.4 cm³/mol. The fourth-order valence-corrected chi connectivity index (χ4v) is 1.44. The molecule has 0 radical (unpaired) electrons. The van der Waals surface area contributed by atoms with E-state index in [-0.39, 0.29) is 0 Å². The summed E-state index contributed by atoms with van der Waals surface area (Å²) in [5.41, 5.74) is 0. The average Bonchev–Trinajstić information content (AvgIpc) is 2.02. The van der Waals surface area contributed by atoms with Gasteiger partial charge in [0.25, 0.3) is 0 Å². The van der Waals surface area contributed by atoms with Gasteiger partial charge in [-0.25, -0.2) is 0 Å². The van der Waals surface area contributed by atoms with E-state index in [1.807, 2.05) is 19.1 Å². The molecule has 0 saturated carbocycles. The highest BCUT2D eigenvalue weighted by molar-refractivity contribution is 9.11. The zero-order valence-electron chi connectivity index (χ0n) is 8.33. The fourth-order valence-electron chi connectivity index (χ4n) is 0.908. The van der Waals surface area contributed by atoms with Crippen molar-refractivity contribution in [3.8, 4) is 0 Å². The molecule has 0 aromatic rings. The van der Waals surface area contributed by atoms with Crippen LogP contribution in [0.5, 0.6) is 0 Å². The lowest BCUT2D eigenvalue weighted by atomic mass is 10.2. The summed E-state index contributed by atoms with van der Waals surface area (Å²) in [5, 5.41) is 0. The number of amides is 1. The maximum absolute atomic E-state index is 10.6. The molecule has 0 aromatic heterocycles. The molecular formula is C10H16BrNO. The van der Waals surface area contributed by atoms with Crippen molar-refractivity contribution in [2.45, 2.75) is 20.8 Å². The minimum atomic E-state index is 0.479. The van der Waals surface area contributed by atoms with Crippen LogP contribution in [-0.2, 0) is 4.79 Å².